The summed E-state index contributed by atoms with van der Waals surface area (Å²) >= 11 is 1.45. The molecule has 5 aromatic rings. The predicted octanol–water partition coefficient (Wildman–Crippen LogP) is 8.25. The summed E-state index contributed by atoms with van der Waals surface area (Å²) in [7, 11) is 0. The van der Waals surface area contributed by atoms with E-state index in [1.807, 2.05) is 32.0 Å². The maximum absolute atomic E-state index is 13.5. The van der Waals surface area contributed by atoms with Crippen molar-refractivity contribution in [2.75, 3.05) is 22.1 Å². The van der Waals surface area contributed by atoms with Crippen LogP contribution in [-0.4, -0.2) is 38.4 Å². The number of piperidine rings is 1. The topological polar surface area (TPSA) is 122 Å². The van der Waals surface area contributed by atoms with Gasteiger partial charge in [0.2, 0.25) is 5.91 Å². The van der Waals surface area contributed by atoms with Crippen molar-refractivity contribution < 1.29 is 27.5 Å². The molecular weight excluding hydrogens is 631 g/mol. The molecule has 1 saturated heterocycles. The summed E-state index contributed by atoms with van der Waals surface area (Å²) in [4.78, 5) is 44.4. The van der Waals surface area contributed by atoms with Crippen molar-refractivity contribution in [2.24, 2.45) is 0 Å². The van der Waals surface area contributed by atoms with Crippen LogP contribution in [0.25, 0.3) is 21.7 Å². The summed E-state index contributed by atoms with van der Waals surface area (Å²) in [6.45, 7) is 4.48. The Morgan fingerprint density at radius 3 is 2.32 bits per heavy atom. The van der Waals surface area contributed by atoms with E-state index in [4.69, 9.17) is 4.74 Å². The van der Waals surface area contributed by atoms with Crippen molar-refractivity contribution in [1.82, 2.24) is 19.9 Å². The van der Waals surface area contributed by atoms with Crippen LogP contribution >= 0.6 is 11.3 Å². The molecule has 240 valence electrons. The van der Waals surface area contributed by atoms with Gasteiger partial charge in [-0.2, -0.15) is 13.2 Å². The van der Waals surface area contributed by atoms with Crippen LogP contribution in [0, 0.1) is 13.8 Å². The molecule has 0 bridgehead atoms. The second-order valence-electron chi connectivity index (χ2n) is 10.9. The smallest absolute Gasteiger partial charge is 0.417 e. The number of urea groups is 1. The summed E-state index contributed by atoms with van der Waals surface area (Å²) in [5.74, 6) is 0.567. The molecule has 14 heteroatoms. The fourth-order valence-electron chi connectivity index (χ4n) is 4.88. The number of benzene rings is 2. The first-order valence-electron chi connectivity index (χ1n) is 14.6. The Bertz CT molecular complexity index is 1930. The summed E-state index contributed by atoms with van der Waals surface area (Å²) < 4.78 is 46.1. The zero-order valence-electron chi connectivity index (χ0n) is 25.3. The number of aromatic nitrogens is 4. The highest BCUT2D eigenvalue weighted by molar-refractivity contribution is 7.19. The standard InChI is InChI=1S/C33H28F3N7O3S/c1-19-6-7-22(13-20(19)2)29-26(14-23(15-37-29)33(34,35)36)42-30(45)41-24-16-38-31(39-17-24)46-25-10-8-21(9-11-25)27-18-40-32(47-27)43-12-4-3-5-28(43)44/h6-11,13-18H,3-5,12H2,1-2H3,(H2,41,42,45). The number of hydrogen-bond donors (Lipinski definition) is 2. The Morgan fingerprint density at radius 2 is 1.62 bits per heavy atom. The third kappa shape index (κ3) is 7.38. The van der Waals surface area contributed by atoms with Crippen LogP contribution in [0.2, 0.25) is 0 Å². The zero-order valence-corrected chi connectivity index (χ0v) is 26.1. The maximum atomic E-state index is 13.5. The van der Waals surface area contributed by atoms with Gasteiger partial charge in [0, 0.05) is 30.9 Å². The van der Waals surface area contributed by atoms with Gasteiger partial charge in [-0.3, -0.25) is 14.7 Å². The zero-order chi connectivity index (χ0) is 33.1. The molecule has 3 aromatic heterocycles. The van der Waals surface area contributed by atoms with Crippen molar-refractivity contribution in [1.29, 1.82) is 0 Å². The average Bonchev–Trinajstić information content (AvgIpc) is 3.54. The number of halogens is 3. The van der Waals surface area contributed by atoms with Gasteiger partial charge in [0.25, 0.3) is 0 Å². The van der Waals surface area contributed by atoms with Crippen molar-refractivity contribution in [3.63, 3.8) is 0 Å². The van der Waals surface area contributed by atoms with Crippen LogP contribution in [-0.2, 0) is 11.0 Å². The first kappa shape index (κ1) is 31.6. The van der Waals surface area contributed by atoms with Crippen molar-refractivity contribution in [3.05, 3.63) is 90.0 Å². The van der Waals surface area contributed by atoms with E-state index in [1.165, 1.54) is 23.7 Å². The largest absolute Gasteiger partial charge is 0.424 e. The van der Waals surface area contributed by atoms with E-state index in [1.54, 1.807) is 35.4 Å². The number of ether oxygens (including phenoxy) is 1. The van der Waals surface area contributed by atoms with Gasteiger partial charge in [-0.1, -0.05) is 23.5 Å². The molecule has 0 spiro atoms. The molecule has 3 amide bonds. The fraction of sp³-hybridized carbons (Fsp3) is 0.212. The highest BCUT2D eigenvalue weighted by Gasteiger charge is 2.32. The van der Waals surface area contributed by atoms with E-state index in [0.29, 0.717) is 29.4 Å². The van der Waals surface area contributed by atoms with Crippen molar-refractivity contribution >= 4 is 39.8 Å². The number of nitrogens with one attached hydrogen (secondary N) is 2. The van der Waals surface area contributed by atoms with E-state index in [-0.39, 0.29) is 29.0 Å². The van der Waals surface area contributed by atoms with E-state index in [0.717, 1.165) is 46.7 Å². The molecular formula is C33H28F3N7O3S. The van der Waals surface area contributed by atoms with Gasteiger partial charge in [-0.15, -0.1) is 0 Å². The van der Waals surface area contributed by atoms with E-state index in [9.17, 15) is 22.8 Å². The second kappa shape index (κ2) is 13.2. The molecule has 47 heavy (non-hydrogen) atoms. The minimum absolute atomic E-state index is 0.0199. The van der Waals surface area contributed by atoms with Crippen LogP contribution < -0.4 is 20.3 Å². The van der Waals surface area contributed by atoms with Gasteiger partial charge in [-0.25, -0.2) is 19.7 Å². The number of carbonyl (C=O) groups excluding carboxylic acids is 2. The normalized spacial score (nSPS) is 13.4. The number of aryl methyl sites for hydroxylation is 2. The molecule has 0 aliphatic carbocycles. The lowest BCUT2D eigenvalue weighted by Crippen LogP contribution is -2.34. The SMILES string of the molecule is Cc1ccc(-c2ncc(C(F)(F)F)cc2NC(=O)Nc2cnc(Oc3ccc(-c4cnc(N5CCCCC5=O)s4)cc3)nc2)cc1C. The Hall–Kier alpha value is -5.37. The highest BCUT2D eigenvalue weighted by Crippen LogP contribution is 2.36. The lowest BCUT2D eigenvalue weighted by atomic mass is 10.0. The molecule has 0 radical (unpaired) electrons. The van der Waals surface area contributed by atoms with Crippen LogP contribution in [0.15, 0.2) is 73.3 Å². The van der Waals surface area contributed by atoms with Crippen LogP contribution in [0.1, 0.15) is 36.0 Å². The van der Waals surface area contributed by atoms with Crippen molar-refractivity contribution in [3.8, 4) is 33.5 Å². The molecule has 0 atom stereocenters. The minimum Gasteiger partial charge on any atom is -0.424 e. The van der Waals surface area contributed by atoms with Crippen LogP contribution in [0.5, 0.6) is 11.8 Å². The third-order valence-electron chi connectivity index (χ3n) is 7.53. The first-order valence-corrected chi connectivity index (χ1v) is 15.4. The third-order valence-corrected chi connectivity index (χ3v) is 8.59. The van der Waals surface area contributed by atoms with Gasteiger partial charge in [0.15, 0.2) is 5.13 Å². The Morgan fingerprint density at radius 1 is 0.872 bits per heavy atom. The quantitative estimate of drug-likeness (QED) is 0.180. The lowest BCUT2D eigenvalue weighted by Gasteiger charge is -2.23. The van der Waals surface area contributed by atoms with E-state index in [2.05, 4.69) is 30.6 Å². The molecule has 1 aliphatic heterocycles. The summed E-state index contributed by atoms with van der Waals surface area (Å²) in [6.07, 6.45) is 2.87. The lowest BCUT2D eigenvalue weighted by molar-refractivity contribution is -0.137. The number of amides is 3. The highest BCUT2D eigenvalue weighted by atomic mass is 32.1. The number of rotatable bonds is 7. The number of thiazole rings is 1. The fourth-order valence-corrected chi connectivity index (χ4v) is 5.84. The molecule has 2 N–H and O–H groups in total. The van der Waals surface area contributed by atoms with Gasteiger partial charge in [0.1, 0.15) is 5.75 Å². The Balaban J connectivity index is 1.10. The Labute approximate surface area is 271 Å². The average molecular weight is 660 g/mol. The van der Waals surface area contributed by atoms with Gasteiger partial charge in [0.05, 0.1) is 39.9 Å². The maximum Gasteiger partial charge on any atom is 0.417 e. The molecule has 10 nitrogen and oxygen atoms in total. The van der Waals surface area contributed by atoms with Gasteiger partial charge in [-0.05, 0) is 79.8 Å². The summed E-state index contributed by atoms with van der Waals surface area (Å²) in [6, 6.07) is 12.6. The van der Waals surface area contributed by atoms with Gasteiger partial charge < -0.3 is 15.4 Å². The number of alkyl halides is 3. The Kier molecular flexibility index (Phi) is 8.85. The molecule has 2 aromatic carbocycles. The monoisotopic (exact) mass is 659 g/mol. The number of pyridine rings is 1. The van der Waals surface area contributed by atoms with Gasteiger partial charge >= 0.3 is 18.2 Å². The summed E-state index contributed by atoms with van der Waals surface area (Å²) in [5, 5.41) is 5.69. The molecule has 0 unspecified atom stereocenters. The van der Waals surface area contributed by atoms with E-state index >= 15 is 0 Å². The number of nitrogens with zero attached hydrogens (tertiary/aromatic N) is 5. The summed E-state index contributed by atoms with van der Waals surface area (Å²) in [5.41, 5.74) is 2.67. The van der Waals surface area contributed by atoms with E-state index < -0.39 is 17.8 Å². The number of hydrogen-bond acceptors (Lipinski definition) is 8. The minimum atomic E-state index is -4.65. The second-order valence-corrected chi connectivity index (χ2v) is 11.9. The molecule has 1 fully saturated rings. The molecule has 6 rings (SSSR count). The predicted molar refractivity (Wildman–Crippen MR) is 173 cm³/mol. The number of anilines is 3. The number of carbonyl (C=O) groups is 2. The van der Waals surface area contributed by atoms with Crippen LogP contribution in [0.3, 0.4) is 0 Å². The van der Waals surface area contributed by atoms with Crippen LogP contribution in [0.4, 0.5) is 34.5 Å². The molecule has 4 heterocycles. The molecule has 1 aliphatic rings. The molecule has 0 saturated carbocycles. The first-order chi connectivity index (χ1) is 22.5. The van der Waals surface area contributed by atoms with Crippen molar-refractivity contribution in [2.45, 2.75) is 39.3 Å².